The van der Waals surface area contributed by atoms with Crippen molar-refractivity contribution in [3.63, 3.8) is 0 Å². The SMILES string of the molecule is C=CCN(Cc1ccccc1)C(=O)[C@@H]1[C@@H]2CCC3(O2)C(C(=O)N(CC=C)C(C)(C)CC(C)(C)C)N([C@H](C)CO)C(=O)[C@H]13. The average molecular weight is 580 g/mol. The lowest BCUT2D eigenvalue weighted by molar-refractivity contribution is -0.155. The molecule has 4 rings (SSSR count). The van der Waals surface area contributed by atoms with E-state index >= 15 is 0 Å². The zero-order valence-corrected chi connectivity index (χ0v) is 26.2. The fourth-order valence-electron chi connectivity index (χ4n) is 7.92. The van der Waals surface area contributed by atoms with Gasteiger partial charge in [0.1, 0.15) is 11.6 Å². The summed E-state index contributed by atoms with van der Waals surface area (Å²) < 4.78 is 6.68. The Bertz CT molecular complexity index is 1190. The van der Waals surface area contributed by atoms with Crippen LogP contribution in [0.2, 0.25) is 0 Å². The summed E-state index contributed by atoms with van der Waals surface area (Å²) in [6.45, 7) is 20.8. The summed E-state index contributed by atoms with van der Waals surface area (Å²) in [5.74, 6) is -2.19. The van der Waals surface area contributed by atoms with Crippen LogP contribution < -0.4 is 0 Å². The summed E-state index contributed by atoms with van der Waals surface area (Å²) in [7, 11) is 0. The van der Waals surface area contributed by atoms with Crippen LogP contribution in [0.15, 0.2) is 55.6 Å². The number of likely N-dealkylation sites (tertiary alicyclic amines) is 1. The van der Waals surface area contributed by atoms with Gasteiger partial charge in [0.15, 0.2) is 0 Å². The van der Waals surface area contributed by atoms with E-state index in [4.69, 9.17) is 4.74 Å². The maximum atomic E-state index is 14.7. The summed E-state index contributed by atoms with van der Waals surface area (Å²) in [5, 5.41) is 10.2. The Morgan fingerprint density at radius 1 is 1.12 bits per heavy atom. The minimum absolute atomic E-state index is 0.0548. The molecule has 3 aliphatic heterocycles. The van der Waals surface area contributed by atoms with Crippen molar-refractivity contribution < 1.29 is 24.2 Å². The van der Waals surface area contributed by atoms with Crippen LogP contribution in [0.5, 0.6) is 0 Å². The molecule has 2 unspecified atom stereocenters. The Balaban J connectivity index is 1.75. The quantitative estimate of drug-likeness (QED) is 0.375. The van der Waals surface area contributed by atoms with Crippen molar-refractivity contribution in [2.75, 3.05) is 19.7 Å². The van der Waals surface area contributed by atoms with Crippen molar-refractivity contribution in [1.82, 2.24) is 14.7 Å². The third-order valence-corrected chi connectivity index (χ3v) is 9.14. The van der Waals surface area contributed by atoms with E-state index in [1.165, 1.54) is 4.90 Å². The molecule has 3 amide bonds. The van der Waals surface area contributed by atoms with Gasteiger partial charge in [0.05, 0.1) is 30.6 Å². The van der Waals surface area contributed by atoms with Gasteiger partial charge >= 0.3 is 0 Å². The van der Waals surface area contributed by atoms with Gasteiger partial charge in [-0.2, -0.15) is 0 Å². The van der Waals surface area contributed by atoms with Gasteiger partial charge < -0.3 is 24.5 Å². The molecule has 0 radical (unpaired) electrons. The van der Waals surface area contributed by atoms with Crippen LogP contribution in [0.4, 0.5) is 0 Å². The minimum atomic E-state index is -1.13. The van der Waals surface area contributed by atoms with Crippen molar-refractivity contribution in [2.24, 2.45) is 17.3 Å². The van der Waals surface area contributed by atoms with Crippen LogP contribution >= 0.6 is 0 Å². The van der Waals surface area contributed by atoms with E-state index in [0.717, 1.165) is 12.0 Å². The van der Waals surface area contributed by atoms with Crippen molar-refractivity contribution in [2.45, 2.75) is 96.7 Å². The van der Waals surface area contributed by atoms with E-state index < -0.39 is 41.2 Å². The predicted molar refractivity (Wildman–Crippen MR) is 163 cm³/mol. The van der Waals surface area contributed by atoms with Crippen LogP contribution in [-0.4, -0.2) is 86.6 Å². The van der Waals surface area contributed by atoms with Crippen LogP contribution in [0.25, 0.3) is 0 Å². The Hall–Kier alpha value is -2.97. The number of benzene rings is 1. The van der Waals surface area contributed by atoms with Gasteiger partial charge in [-0.1, -0.05) is 63.3 Å². The average Bonchev–Trinajstić information content (AvgIpc) is 3.56. The maximum Gasteiger partial charge on any atom is 0.249 e. The Morgan fingerprint density at radius 2 is 1.76 bits per heavy atom. The van der Waals surface area contributed by atoms with Gasteiger partial charge in [0.25, 0.3) is 0 Å². The molecule has 0 aromatic heterocycles. The van der Waals surface area contributed by atoms with Crippen LogP contribution in [0.1, 0.15) is 66.4 Å². The molecule has 1 N–H and O–H groups in total. The van der Waals surface area contributed by atoms with Crippen molar-refractivity contribution in [3.8, 4) is 0 Å². The molecular formula is C34H49N3O5. The van der Waals surface area contributed by atoms with Gasteiger partial charge in [-0.15, -0.1) is 13.2 Å². The topological polar surface area (TPSA) is 90.4 Å². The molecule has 0 aliphatic carbocycles. The number of hydrogen-bond acceptors (Lipinski definition) is 5. The number of rotatable bonds is 12. The normalized spacial score (nSPS) is 27.5. The molecule has 1 aromatic carbocycles. The van der Waals surface area contributed by atoms with E-state index in [-0.39, 0.29) is 29.7 Å². The lowest BCUT2D eigenvalue weighted by Gasteiger charge is -2.46. The molecule has 3 heterocycles. The first-order chi connectivity index (χ1) is 19.7. The van der Waals surface area contributed by atoms with E-state index in [2.05, 4.69) is 33.9 Å². The monoisotopic (exact) mass is 579 g/mol. The molecule has 230 valence electrons. The molecule has 3 fully saturated rings. The maximum absolute atomic E-state index is 14.7. The molecular weight excluding hydrogens is 530 g/mol. The predicted octanol–water partition coefficient (Wildman–Crippen LogP) is 4.19. The number of amides is 3. The van der Waals surface area contributed by atoms with Crippen molar-refractivity contribution in [1.29, 1.82) is 0 Å². The molecule has 8 heteroatoms. The number of fused-ring (bicyclic) bond motifs is 1. The van der Waals surface area contributed by atoms with E-state index in [0.29, 0.717) is 32.5 Å². The highest BCUT2D eigenvalue weighted by atomic mass is 16.5. The second-order valence-corrected chi connectivity index (χ2v) is 14.1. The number of ether oxygens (including phenoxy) is 1. The number of aliphatic hydroxyl groups excluding tert-OH is 1. The molecule has 0 saturated carbocycles. The summed E-state index contributed by atoms with van der Waals surface area (Å²) >= 11 is 0. The molecule has 1 aromatic rings. The molecule has 8 nitrogen and oxygen atoms in total. The Labute approximate surface area is 251 Å². The third-order valence-electron chi connectivity index (χ3n) is 9.14. The highest BCUT2D eigenvalue weighted by Crippen LogP contribution is 2.59. The van der Waals surface area contributed by atoms with Crippen molar-refractivity contribution >= 4 is 17.7 Å². The second-order valence-electron chi connectivity index (χ2n) is 14.1. The fourth-order valence-corrected chi connectivity index (χ4v) is 7.92. The first-order valence-corrected chi connectivity index (χ1v) is 15.2. The summed E-state index contributed by atoms with van der Waals surface area (Å²) in [6, 6.07) is 8.17. The van der Waals surface area contributed by atoms with Crippen molar-refractivity contribution in [3.05, 3.63) is 61.2 Å². The summed E-state index contributed by atoms with van der Waals surface area (Å²) in [6.07, 6.45) is 4.78. The van der Waals surface area contributed by atoms with Gasteiger partial charge in [0, 0.05) is 25.2 Å². The third kappa shape index (κ3) is 5.68. The molecule has 3 saturated heterocycles. The molecule has 2 bridgehead atoms. The minimum Gasteiger partial charge on any atom is -0.394 e. The molecule has 3 aliphatic rings. The number of nitrogens with zero attached hydrogens (tertiary/aromatic N) is 3. The highest BCUT2D eigenvalue weighted by Gasteiger charge is 2.75. The lowest BCUT2D eigenvalue weighted by atomic mass is 9.70. The standard InChI is InChI=1S/C34H49N3O5/c1-9-18-35(20-24-14-12-11-13-15-24)29(39)26-25-16-17-34(42-25)27(26)30(40)37(23(3)21-38)28(34)31(41)36(19-10-2)33(7,8)22-32(4,5)6/h9-15,23,25-28,38H,1-2,16-22H2,3-8H3/t23-,25+,26-,27+,28?,34?/m1/s1. The lowest BCUT2D eigenvalue weighted by Crippen LogP contribution is -2.62. The van der Waals surface area contributed by atoms with E-state index in [1.807, 2.05) is 49.1 Å². The number of aliphatic hydroxyl groups is 1. The van der Waals surface area contributed by atoms with Crippen LogP contribution in [0.3, 0.4) is 0 Å². The van der Waals surface area contributed by atoms with Gasteiger partial charge in [-0.05, 0) is 51.0 Å². The zero-order valence-electron chi connectivity index (χ0n) is 26.2. The van der Waals surface area contributed by atoms with Crippen LogP contribution in [0, 0.1) is 17.3 Å². The fraction of sp³-hybridized carbons (Fsp3) is 0.618. The van der Waals surface area contributed by atoms with Gasteiger partial charge in [-0.25, -0.2) is 0 Å². The molecule has 1 spiro atoms. The Kier molecular flexibility index (Phi) is 9.10. The van der Waals surface area contributed by atoms with E-state index in [1.54, 1.807) is 24.0 Å². The number of hydrogen-bond donors (Lipinski definition) is 1. The highest BCUT2D eigenvalue weighted by molar-refractivity contribution is 5.99. The largest absolute Gasteiger partial charge is 0.394 e. The van der Waals surface area contributed by atoms with Crippen LogP contribution in [-0.2, 0) is 25.7 Å². The Morgan fingerprint density at radius 3 is 2.33 bits per heavy atom. The summed E-state index contributed by atoms with van der Waals surface area (Å²) in [5.41, 5.74) is -0.751. The van der Waals surface area contributed by atoms with Gasteiger partial charge in [0.2, 0.25) is 17.7 Å². The zero-order chi connectivity index (χ0) is 31.0. The first kappa shape index (κ1) is 32.0. The molecule has 6 atom stereocenters. The first-order valence-electron chi connectivity index (χ1n) is 15.2. The number of carbonyl (C=O) groups excluding carboxylic acids is 3. The molecule has 42 heavy (non-hydrogen) atoms. The van der Waals surface area contributed by atoms with Gasteiger partial charge in [-0.3, -0.25) is 14.4 Å². The van der Waals surface area contributed by atoms with E-state index in [9.17, 15) is 19.5 Å². The second kappa shape index (κ2) is 12.0. The number of carbonyl (C=O) groups is 3. The summed E-state index contributed by atoms with van der Waals surface area (Å²) in [4.78, 5) is 48.4. The smallest absolute Gasteiger partial charge is 0.249 e.